The van der Waals surface area contributed by atoms with E-state index in [4.69, 9.17) is 21.1 Å². The molecule has 0 aliphatic carbocycles. The fourth-order valence-corrected chi connectivity index (χ4v) is 2.81. The molecule has 0 fully saturated rings. The van der Waals surface area contributed by atoms with Crippen molar-refractivity contribution in [1.82, 2.24) is 0 Å². The molecule has 0 atom stereocenters. The van der Waals surface area contributed by atoms with Crippen LogP contribution in [0.4, 0.5) is 5.69 Å². The number of amides is 1. The van der Waals surface area contributed by atoms with Crippen LogP contribution in [0.1, 0.15) is 21.7 Å². The molecule has 0 aliphatic heterocycles. The SMILES string of the molecule is Cc1ccc(NC(=O)/C(C#N)=C/c2ccc(-c3ccc(C(=O)O)c(Cl)c3)o2)cc1. The average molecular weight is 407 g/mol. The van der Waals surface area contributed by atoms with Crippen molar-refractivity contribution < 1.29 is 19.1 Å². The summed E-state index contributed by atoms with van der Waals surface area (Å²) in [6.07, 6.45) is 1.33. The summed E-state index contributed by atoms with van der Waals surface area (Å²) < 4.78 is 5.66. The third-order valence-electron chi connectivity index (χ3n) is 4.07. The first kappa shape index (κ1) is 19.9. The number of hydrogen-bond acceptors (Lipinski definition) is 4. The molecule has 0 aliphatic rings. The van der Waals surface area contributed by atoms with Gasteiger partial charge >= 0.3 is 5.97 Å². The summed E-state index contributed by atoms with van der Waals surface area (Å²) in [4.78, 5) is 23.4. The van der Waals surface area contributed by atoms with Gasteiger partial charge in [-0.15, -0.1) is 0 Å². The summed E-state index contributed by atoms with van der Waals surface area (Å²) >= 11 is 5.99. The lowest BCUT2D eigenvalue weighted by molar-refractivity contribution is -0.112. The van der Waals surface area contributed by atoms with E-state index < -0.39 is 11.9 Å². The second kappa shape index (κ2) is 8.46. The highest BCUT2D eigenvalue weighted by Gasteiger charge is 2.13. The van der Waals surface area contributed by atoms with Gasteiger partial charge in [0.05, 0.1) is 10.6 Å². The molecule has 0 saturated carbocycles. The standard InChI is InChI=1S/C22H15ClN2O4/c1-13-2-5-16(6-3-13)25-21(26)15(12-24)10-17-7-9-20(29-17)14-4-8-18(22(27)28)19(23)11-14/h2-11H,1H3,(H,25,26)(H,27,28)/b15-10+. The number of halogens is 1. The summed E-state index contributed by atoms with van der Waals surface area (Å²) in [5.74, 6) is -0.952. The predicted octanol–water partition coefficient (Wildman–Crippen LogP) is 5.15. The van der Waals surface area contributed by atoms with Gasteiger partial charge in [-0.2, -0.15) is 5.26 Å². The third kappa shape index (κ3) is 4.72. The maximum absolute atomic E-state index is 12.3. The van der Waals surface area contributed by atoms with Crippen LogP contribution < -0.4 is 5.32 Å². The van der Waals surface area contributed by atoms with Gasteiger partial charge in [-0.3, -0.25) is 4.79 Å². The number of rotatable bonds is 5. The van der Waals surface area contributed by atoms with E-state index in [9.17, 15) is 14.9 Å². The minimum Gasteiger partial charge on any atom is -0.478 e. The number of benzene rings is 2. The molecule has 0 radical (unpaired) electrons. The highest BCUT2D eigenvalue weighted by atomic mass is 35.5. The van der Waals surface area contributed by atoms with E-state index in [-0.39, 0.29) is 16.2 Å². The molecule has 1 amide bonds. The maximum Gasteiger partial charge on any atom is 0.337 e. The number of carboxylic acids is 1. The minimum atomic E-state index is -1.12. The highest BCUT2D eigenvalue weighted by molar-refractivity contribution is 6.33. The number of nitriles is 1. The van der Waals surface area contributed by atoms with Gasteiger partial charge in [-0.1, -0.05) is 35.4 Å². The summed E-state index contributed by atoms with van der Waals surface area (Å²) in [7, 11) is 0. The quantitative estimate of drug-likeness (QED) is 0.450. The van der Waals surface area contributed by atoms with Crippen molar-refractivity contribution in [3.63, 3.8) is 0 Å². The molecule has 0 bridgehead atoms. The van der Waals surface area contributed by atoms with Gasteiger partial charge in [0.15, 0.2) is 0 Å². The van der Waals surface area contributed by atoms with E-state index in [0.717, 1.165) is 5.56 Å². The Morgan fingerprint density at radius 3 is 2.48 bits per heavy atom. The Morgan fingerprint density at radius 2 is 1.86 bits per heavy atom. The van der Waals surface area contributed by atoms with Gasteiger partial charge in [0.25, 0.3) is 5.91 Å². The van der Waals surface area contributed by atoms with E-state index >= 15 is 0 Å². The first-order valence-corrected chi connectivity index (χ1v) is 8.88. The van der Waals surface area contributed by atoms with Crippen molar-refractivity contribution in [3.8, 4) is 17.4 Å². The number of aromatic carboxylic acids is 1. The monoisotopic (exact) mass is 406 g/mol. The topological polar surface area (TPSA) is 103 Å². The molecule has 1 heterocycles. The van der Waals surface area contributed by atoms with E-state index in [2.05, 4.69) is 5.32 Å². The molecule has 7 heteroatoms. The van der Waals surface area contributed by atoms with Gasteiger partial charge in [0.2, 0.25) is 0 Å². The number of carboxylic acid groups (broad SMARTS) is 1. The molecule has 3 rings (SSSR count). The molecule has 144 valence electrons. The Balaban J connectivity index is 1.81. The number of anilines is 1. The maximum atomic E-state index is 12.3. The van der Waals surface area contributed by atoms with Crippen molar-refractivity contribution in [3.05, 3.63) is 82.1 Å². The number of nitrogens with zero attached hydrogens (tertiary/aromatic N) is 1. The average Bonchev–Trinajstić information content (AvgIpc) is 3.16. The van der Waals surface area contributed by atoms with Crippen LogP contribution in [0.5, 0.6) is 0 Å². The zero-order valence-electron chi connectivity index (χ0n) is 15.3. The molecule has 1 aromatic heterocycles. The van der Waals surface area contributed by atoms with Crippen LogP contribution in [0.2, 0.25) is 5.02 Å². The molecule has 2 aromatic carbocycles. The normalized spacial score (nSPS) is 11.0. The summed E-state index contributed by atoms with van der Waals surface area (Å²) in [6.45, 7) is 1.93. The van der Waals surface area contributed by atoms with Crippen LogP contribution in [-0.4, -0.2) is 17.0 Å². The largest absolute Gasteiger partial charge is 0.478 e. The molecular weight excluding hydrogens is 392 g/mol. The van der Waals surface area contributed by atoms with Gasteiger partial charge < -0.3 is 14.8 Å². The number of carbonyl (C=O) groups is 2. The number of aryl methyl sites for hydroxylation is 1. The van der Waals surface area contributed by atoms with Crippen LogP contribution in [0.15, 0.2) is 64.6 Å². The molecule has 2 N–H and O–H groups in total. The fraction of sp³-hybridized carbons (Fsp3) is 0.0455. The van der Waals surface area contributed by atoms with Crippen molar-refractivity contribution in [2.24, 2.45) is 0 Å². The fourth-order valence-electron chi connectivity index (χ4n) is 2.55. The van der Waals surface area contributed by atoms with Crippen molar-refractivity contribution in [2.75, 3.05) is 5.32 Å². The zero-order valence-corrected chi connectivity index (χ0v) is 16.0. The smallest absolute Gasteiger partial charge is 0.337 e. The van der Waals surface area contributed by atoms with E-state index in [1.807, 2.05) is 25.1 Å². The Kier molecular flexibility index (Phi) is 5.82. The zero-order chi connectivity index (χ0) is 21.0. The number of carbonyl (C=O) groups excluding carboxylic acids is 1. The highest BCUT2D eigenvalue weighted by Crippen LogP contribution is 2.28. The molecule has 0 saturated heterocycles. The van der Waals surface area contributed by atoms with Crippen molar-refractivity contribution >= 4 is 35.2 Å². The molecule has 0 spiro atoms. The van der Waals surface area contributed by atoms with Crippen LogP contribution in [-0.2, 0) is 4.79 Å². The van der Waals surface area contributed by atoms with Crippen LogP contribution >= 0.6 is 11.6 Å². The molecule has 6 nitrogen and oxygen atoms in total. The molecular formula is C22H15ClN2O4. The lowest BCUT2D eigenvalue weighted by Crippen LogP contribution is -2.13. The van der Waals surface area contributed by atoms with Crippen LogP contribution in [0, 0.1) is 18.3 Å². The Bertz CT molecular complexity index is 1150. The van der Waals surface area contributed by atoms with E-state index in [0.29, 0.717) is 22.8 Å². The lowest BCUT2D eigenvalue weighted by Gasteiger charge is -2.04. The number of hydrogen-bond donors (Lipinski definition) is 2. The van der Waals surface area contributed by atoms with Gasteiger partial charge in [0.1, 0.15) is 23.2 Å². The Hall–Kier alpha value is -3.82. The molecule has 0 unspecified atom stereocenters. The van der Waals surface area contributed by atoms with E-state index in [1.54, 1.807) is 30.3 Å². The summed E-state index contributed by atoms with van der Waals surface area (Å²) in [5.41, 5.74) is 2.07. The predicted molar refractivity (Wildman–Crippen MR) is 110 cm³/mol. The summed E-state index contributed by atoms with van der Waals surface area (Å²) in [6, 6.07) is 16.7. The first-order chi connectivity index (χ1) is 13.9. The van der Waals surface area contributed by atoms with Gasteiger partial charge in [0, 0.05) is 17.3 Å². The Morgan fingerprint density at radius 1 is 1.14 bits per heavy atom. The molecule has 3 aromatic rings. The second-order valence-corrected chi connectivity index (χ2v) is 6.60. The first-order valence-electron chi connectivity index (χ1n) is 8.50. The van der Waals surface area contributed by atoms with Gasteiger partial charge in [-0.05, 0) is 43.3 Å². The Labute approximate surface area is 171 Å². The van der Waals surface area contributed by atoms with Crippen LogP contribution in [0.25, 0.3) is 17.4 Å². The number of furan rings is 1. The second-order valence-electron chi connectivity index (χ2n) is 6.19. The minimum absolute atomic E-state index is 0.0124. The van der Waals surface area contributed by atoms with Crippen molar-refractivity contribution in [1.29, 1.82) is 5.26 Å². The van der Waals surface area contributed by atoms with Crippen LogP contribution in [0.3, 0.4) is 0 Å². The summed E-state index contributed by atoms with van der Waals surface area (Å²) in [5, 5.41) is 21.1. The van der Waals surface area contributed by atoms with Gasteiger partial charge in [-0.25, -0.2) is 4.79 Å². The third-order valence-corrected chi connectivity index (χ3v) is 4.38. The van der Waals surface area contributed by atoms with Crippen molar-refractivity contribution in [2.45, 2.75) is 6.92 Å². The van der Waals surface area contributed by atoms with E-state index in [1.165, 1.54) is 18.2 Å². The molecule has 29 heavy (non-hydrogen) atoms. The lowest BCUT2D eigenvalue weighted by atomic mass is 10.1. The number of nitrogens with one attached hydrogen (secondary N) is 1.